The number of furan rings is 1. The summed E-state index contributed by atoms with van der Waals surface area (Å²) in [5.41, 5.74) is 13.1. The summed E-state index contributed by atoms with van der Waals surface area (Å²) in [4.78, 5) is 11.0. The van der Waals surface area contributed by atoms with Crippen LogP contribution in [0.25, 0.3) is 83.3 Å². The van der Waals surface area contributed by atoms with E-state index in [-0.39, 0.29) is 10.8 Å². The van der Waals surface area contributed by atoms with Crippen LogP contribution in [0.5, 0.6) is 0 Å². The van der Waals surface area contributed by atoms with Crippen LogP contribution in [0.4, 0.5) is 0 Å². The minimum Gasteiger partial charge on any atom is -0.453 e. The zero-order chi connectivity index (χ0) is 33.5. The Bertz CT molecular complexity index is 2920. The van der Waals surface area contributed by atoms with E-state index >= 15 is 0 Å². The number of benzene rings is 6. The van der Waals surface area contributed by atoms with Gasteiger partial charge in [-0.2, -0.15) is 0 Å². The van der Waals surface area contributed by atoms with E-state index in [0.717, 1.165) is 60.9 Å². The van der Waals surface area contributed by atoms with Crippen LogP contribution in [0.15, 0.2) is 132 Å². The molecule has 0 saturated carbocycles. The van der Waals surface area contributed by atoms with Gasteiger partial charge in [-0.1, -0.05) is 149 Å². The normalized spacial score (nSPS) is 15.1. The Labute approximate surface area is 289 Å². The van der Waals surface area contributed by atoms with Gasteiger partial charge in [0.25, 0.3) is 0 Å². The lowest BCUT2D eigenvalue weighted by Crippen LogP contribution is -2.15. The molecule has 0 fully saturated rings. The van der Waals surface area contributed by atoms with Gasteiger partial charge in [0.15, 0.2) is 5.58 Å². The van der Waals surface area contributed by atoms with Gasteiger partial charge in [-0.05, 0) is 28.1 Å². The first kappa shape index (κ1) is 27.9. The summed E-state index contributed by atoms with van der Waals surface area (Å²) in [6.07, 6.45) is 0. The molecular weight excluding hydrogens is 611 g/mol. The molecule has 0 atom stereocenters. The summed E-state index contributed by atoms with van der Waals surface area (Å²) in [5.74, 6) is 1.62. The monoisotopic (exact) mass is 643 g/mol. The number of rotatable bonds is 2. The zero-order valence-electron chi connectivity index (χ0n) is 28.4. The lowest BCUT2D eigenvalue weighted by Gasteiger charge is -2.22. The van der Waals surface area contributed by atoms with E-state index in [1.54, 1.807) is 0 Å². The van der Waals surface area contributed by atoms with Crippen molar-refractivity contribution in [1.29, 1.82) is 0 Å². The van der Waals surface area contributed by atoms with Crippen LogP contribution in [0.2, 0.25) is 0 Å². The van der Waals surface area contributed by atoms with Crippen LogP contribution in [-0.4, -0.2) is 14.5 Å². The highest BCUT2D eigenvalue weighted by molar-refractivity contribution is 6.14. The molecule has 50 heavy (non-hydrogen) atoms. The molecule has 0 bridgehead atoms. The molecule has 11 rings (SSSR count). The molecule has 0 aliphatic heterocycles. The lowest BCUT2D eigenvalue weighted by atomic mass is 9.80. The largest absolute Gasteiger partial charge is 0.453 e. The number of hydrogen-bond donors (Lipinski definition) is 0. The van der Waals surface area contributed by atoms with Gasteiger partial charge < -0.3 is 4.42 Å². The van der Waals surface area contributed by atoms with E-state index in [9.17, 15) is 0 Å². The van der Waals surface area contributed by atoms with Gasteiger partial charge in [-0.3, -0.25) is 4.57 Å². The molecule has 2 aliphatic carbocycles. The van der Waals surface area contributed by atoms with Crippen LogP contribution < -0.4 is 0 Å². The maximum atomic E-state index is 7.14. The second-order valence-corrected chi connectivity index (χ2v) is 15.0. The molecule has 0 amide bonds. The van der Waals surface area contributed by atoms with Crippen molar-refractivity contribution in [3.05, 3.63) is 150 Å². The van der Waals surface area contributed by atoms with E-state index in [1.165, 1.54) is 38.8 Å². The molecule has 238 valence electrons. The van der Waals surface area contributed by atoms with Crippen LogP contribution in [0, 0.1) is 0 Å². The molecule has 3 aromatic heterocycles. The smallest absolute Gasteiger partial charge is 0.235 e. The number of nitrogens with zero attached hydrogens (tertiary/aromatic N) is 3. The van der Waals surface area contributed by atoms with E-state index < -0.39 is 0 Å². The van der Waals surface area contributed by atoms with Crippen molar-refractivity contribution in [1.82, 2.24) is 14.5 Å². The van der Waals surface area contributed by atoms with Gasteiger partial charge in [0.05, 0.1) is 16.9 Å². The molecule has 3 heterocycles. The van der Waals surface area contributed by atoms with Gasteiger partial charge in [0.2, 0.25) is 5.95 Å². The highest BCUT2D eigenvalue weighted by Crippen LogP contribution is 2.58. The van der Waals surface area contributed by atoms with Gasteiger partial charge in [-0.15, -0.1) is 0 Å². The molecule has 0 spiro atoms. The molecule has 0 saturated heterocycles. The first-order chi connectivity index (χ1) is 24.3. The summed E-state index contributed by atoms with van der Waals surface area (Å²) in [6, 6.07) is 45.5. The summed E-state index contributed by atoms with van der Waals surface area (Å²) >= 11 is 0. The fourth-order valence-electron chi connectivity index (χ4n) is 9.32. The van der Waals surface area contributed by atoms with Gasteiger partial charge in [0, 0.05) is 54.6 Å². The molecule has 4 nitrogen and oxygen atoms in total. The molecule has 2 aliphatic rings. The predicted octanol–water partition coefficient (Wildman–Crippen LogP) is 11.8. The van der Waals surface area contributed by atoms with Crippen molar-refractivity contribution in [2.75, 3.05) is 0 Å². The van der Waals surface area contributed by atoms with Crippen molar-refractivity contribution in [2.24, 2.45) is 0 Å². The molecule has 4 heteroatoms. The third-order valence-corrected chi connectivity index (χ3v) is 11.6. The Hall–Kier alpha value is -6.00. The predicted molar refractivity (Wildman–Crippen MR) is 204 cm³/mol. The van der Waals surface area contributed by atoms with E-state index in [4.69, 9.17) is 14.4 Å². The third kappa shape index (κ3) is 3.36. The molecular formula is C46H33N3O. The average Bonchev–Trinajstić information content (AvgIpc) is 3.84. The second kappa shape index (κ2) is 9.36. The van der Waals surface area contributed by atoms with Crippen molar-refractivity contribution < 1.29 is 4.42 Å². The van der Waals surface area contributed by atoms with Crippen molar-refractivity contribution in [3.8, 4) is 39.8 Å². The van der Waals surface area contributed by atoms with Crippen LogP contribution in [0.3, 0.4) is 0 Å². The van der Waals surface area contributed by atoms with Crippen LogP contribution >= 0.6 is 0 Å². The van der Waals surface area contributed by atoms with E-state index in [2.05, 4.69) is 160 Å². The Kier molecular flexibility index (Phi) is 5.23. The number of aromatic nitrogens is 3. The highest BCUT2D eigenvalue weighted by atomic mass is 16.3. The second-order valence-electron chi connectivity index (χ2n) is 15.0. The van der Waals surface area contributed by atoms with Gasteiger partial charge in [-0.25, -0.2) is 9.97 Å². The Morgan fingerprint density at radius 2 is 1.18 bits per heavy atom. The zero-order valence-corrected chi connectivity index (χ0v) is 28.4. The highest BCUT2D eigenvalue weighted by Gasteiger charge is 2.44. The third-order valence-electron chi connectivity index (χ3n) is 11.6. The van der Waals surface area contributed by atoms with Crippen LogP contribution in [-0.2, 0) is 10.8 Å². The molecule has 0 unspecified atom stereocenters. The summed E-state index contributed by atoms with van der Waals surface area (Å²) < 4.78 is 9.46. The standard InChI is InChI=1S/C46H33N3O/c1-45(2)34-20-12-10-18-29(34)40-36(45)31-24-25-32-37-42(30-19-11-13-21-35(30)46(37,3)4)50-43(32)41(31)49(40)44-47-38(27-15-6-5-7-16-27)33-23-22-26-14-8-9-17-28(26)39(33)48-44/h5-25H,1-4H3. The fourth-order valence-corrected chi connectivity index (χ4v) is 9.32. The maximum Gasteiger partial charge on any atom is 0.235 e. The summed E-state index contributed by atoms with van der Waals surface area (Å²) in [6.45, 7) is 9.33. The lowest BCUT2D eigenvalue weighted by molar-refractivity contribution is 0.620. The first-order valence-corrected chi connectivity index (χ1v) is 17.4. The number of fused-ring (bicyclic) bond motifs is 14. The van der Waals surface area contributed by atoms with Crippen molar-refractivity contribution in [3.63, 3.8) is 0 Å². The molecule has 0 N–H and O–H groups in total. The molecule has 6 aromatic carbocycles. The maximum absolute atomic E-state index is 7.14. The van der Waals surface area contributed by atoms with Gasteiger partial charge >= 0.3 is 0 Å². The Balaban J connectivity index is 1.35. The topological polar surface area (TPSA) is 43.9 Å². The minimum absolute atomic E-state index is 0.199. The van der Waals surface area contributed by atoms with Crippen molar-refractivity contribution >= 4 is 43.5 Å². The number of hydrogen-bond acceptors (Lipinski definition) is 3. The van der Waals surface area contributed by atoms with Gasteiger partial charge in [0.1, 0.15) is 11.3 Å². The Morgan fingerprint density at radius 3 is 2.00 bits per heavy atom. The Morgan fingerprint density at radius 1 is 0.540 bits per heavy atom. The summed E-state index contributed by atoms with van der Waals surface area (Å²) in [5, 5.41) is 5.62. The van der Waals surface area contributed by atoms with E-state index in [1.807, 2.05) is 0 Å². The molecule has 0 radical (unpaired) electrons. The fraction of sp³-hybridized carbons (Fsp3) is 0.130. The SMILES string of the molecule is CC1(C)c2ccccc2-c2oc3c(ccc4c5c(n(-c6nc(-c7ccccc7)c7ccc8ccccc8c7n6)c43)-c3ccccc3C5(C)C)c21. The van der Waals surface area contributed by atoms with E-state index in [0.29, 0.717) is 5.95 Å². The summed E-state index contributed by atoms with van der Waals surface area (Å²) in [7, 11) is 0. The van der Waals surface area contributed by atoms with Crippen LogP contribution in [0.1, 0.15) is 49.9 Å². The molecule has 9 aromatic rings. The van der Waals surface area contributed by atoms with Crippen molar-refractivity contribution in [2.45, 2.75) is 38.5 Å². The first-order valence-electron chi connectivity index (χ1n) is 17.4. The minimum atomic E-state index is -0.240. The average molecular weight is 644 g/mol. The quantitative estimate of drug-likeness (QED) is 0.176.